The molecule has 2 aliphatic heterocycles. The zero-order chi connectivity index (χ0) is 24.1. The maximum atomic E-state index is 13.1. The van der Waals surface area contributed by atoms with Gasteiger partial charge in [0.1, 0.15) is 17.8 Å². The summed E-state index contributed by atoms with van der Waals surface area (Å²) < 4.78 is 37.0. The van der Waals surface area contributed by atoms with Crippen molar-refractivity contribution in [3.05, 3.63) is 47.5 Å². The lowest BCUT2D eigenvalue weighted by atomic mass is 9.96. The van der Waals surface area contributed by atoms with Crippen molar-refractivity contribution in [1.29, 1.82) is 0 Å². The van der Waals surface area contributed by atoms with E-state index in [2.05, 4.69) is 15.0 Å². The van der Waals surface area contributed by atoms with Gasteiger partial charge in [0, 0.05) is 11.4 Å². The molecule has 0 radical (unpaired) electrons. The average molecular weight is 513 g/mol. The van der Waals surface area contributed by atoms with Crippen molar-refractivity contribution in [2.75, 3.05) is 18.9 Å². The highest BCUT2D eigenvalue weighted by molar-refractivity contribution is 7.48. The number of aromatic amines is 1. The summed E-state index contributed by atoms with van der Waals surface area (Å²) in [6.07, 6.45) is -0.744. The Morgan fingerprint density at radius 1 is 1.44 bits per heavy atom. The van der Waals surface area contributed by atoms with E-state index in [4.69, 9.17) is 35.6 Å². The Morgan fingerprint density at radius 2 is 2.26 bits per heavy atom. The molecule has 3 aromatic rings. The Hall–Kier alpha value is -2.15. The molecule has 5 rings (SSSR count). The van der Waals surface area contributed by atoms with Crippen LogP contribution < -0.4 is 10.3 Å². The van der Waals surface area contributed by atoms with Gasteiger partial charge in [-0.25, -0.2) is 9.13 Å². The normalized spacial score (nSPS) is 34.0. The summed E-state index contributed by atoms with van der Waals surface area (Å²) >= 11 is 6.05. The number of phosphoric ester groups is 1. The molecule has 182 valence electrons. The Labute approximate surface area is 199 Å². The monoisotopic (exact) mass is 512 g/mol. The standard InChI is InChI=1S/C20H23ClN5O7P/c1-20(28)16(27)14(32-19(20)26-10-25-15-17(22)23-9-24-18(15)26)8-31-34(29)30-6-5-13(33-34)11-3-2-4-12(21)7-11/h2-4,7,9-10,13-14,16,19,27-28H,5-6,8H2,1H3,(H2,22,23,24)/p+1. The lowest BCUT2D eigenvalue weighted by Gasteiger charge is -2.30. The van der Waals surface area contributed by atoms with Crippen molar-refractivity contribution in [3.8, 4) is 0 Å². The third kappa shape index (κ3) is 4.21. The van der Waals surface area contributed by atoms with Gasteiger partial charge in [0.2, 0.25) is 11.7 Å². The van der Waals surface area contributed by atoms with Crippen molar-refractivity contribution in [2.45, 2.75) is 43.5 Å². The molecule has 4 heterocycles. The molecule has 12 nitrogen and oxygen atoms in total. The molecular weight excluding hydrogens is 489 g/mol. The Balaban J connectivity index is 1.31. The zero-order valence-corrected chi connectivity index (χ0v) is 19.7. The number of imidazole rings is 1. The lowest BCUT2D eigenvalue weighted by Crippen LogP contribution is -2.53. The van der Waals surface area contributed by atoms with Gasteiger partial charge in [-0.15, -0.1) is 0 Å². The first-order valence-corrected chi connectivity index (χ1v) is 12.4. The van der Waals surface area contributed by atoms with Crippen LogP contribution >= 0.6 is 19.4 Å². The first kappa shape index (κ1) is 23.6. The molecule has 2 aromatic heterocycles. The van der Waals surface area contributed by atoms with Gasteiger partial charge in [-0.2, -0.15) is 4.98 Å². The number of nitrogens with one attached hydrogen (secondary N) is 1. The molecule has 2 fully saturated rings. The van der Waals surface area contributed by atoms with Gasteiger partial charge >= 0.3 is 13.5 Å². The predicted octanol–water partition coefficient (Wildman–Crippen LogP) is 1.79. The van der Waals surface area contributed by atoms with Crippen LogP contribution in [-0.4, -0.2) is 56.2 Å². The van der Waals surface area contributed by atoms with Crippen molar-refractivity contribution in [1.82, 2.24) is 15.0 Å². The number of nitrogen functional groups attached to an aromatic ring is 1. The number of hydrogen-bond acceptors (Lipinski definition) is 10. The number of fused-ring (bicyclic) bond motifs is 1. The molecule has 6 unspecified atom stereocenters. The SMILES string of the molecule is CC1(O)C(O)C(COP2(=O)OCCC(c3cccc(Cl)c3)O2)OC1[n+]1c[nH]c2c(N)ncnc21. The summed E-state index contributed by atoms with van der Waals surface area (Å²) in [5.41, 5.74) is 5.71. The van der Waals surface area contributed by atoms with Crippen LogP contribution in [0.2, 0.25) is 5.02 Å². The number of aromatic nitrogens is 4. The fraction of sp³-hybridized carbons (Fsp3) is 0.450. The summed E-state index contributed by atoms with van der Waals surface area (Å²) in [4.78, 5) is 11.0. The molecule has 1 aromatic carbocycles. The number of halogens is 1. The van der Waals surface area contributed by atoms with Crippen LogP contribution in [0.25, 0.3) is 11.2 Å². The summed E-state index contributed by atoms with van der Waals surface area (Å²) in [5.74, 6) is 0.223. The van der Waals surface area contributed by atoms with Gasteiger partial charge in [0.15, 0.2) is 18.5 Å². The second-order valence-electron chi connectivity index (χ2n) is 8.35. The topological polar surface area (TPSA) is 166 Å². The smallest absolute Gasteiger partial charge is 0.387 e. The summed E-state index contributed by atoms with van der Waals surface area (Å²) in [7, 11) is -3.96. The molecule has 34 heavy (non-hydrogen) atoms. The van der Waals surface area contributed by atoms with E-state index < -0.39 is 38.0 Å². The van der Waals surface area contributed by atoms with Gasteiger partial charge in [-0.05, 0) is 24.6 Å². The number of anilines is 1. The molecule has 0 spiro atoms. The second-order valence-corrected chi connectivity index (χ2v) is 10.4. The van der Waals surface area contributed by atoms with Crippen LogP contribution in [0.4, 0.5) is 5.82 Å². The van der Waals surface area contributed by atoms with Crippen LogP contribution in [0, 0.1) is 0 Å². The Bertz CT molecular complexity index is 1260. The van der Waals surface area contributed by atoms with Crippen LogP contribution in [-0.2, 0) is 22.9 Å². The number of H-pyrrole nitrogens is 1. The molecule has 5 N–H and O–H groups in total. The number of aliphatic hydroxyl groups excluding tert-OH is 1. The number of phosphoric acid groups is 1. The number of ether oxygens (including phenoxy) is 1. The average Bonchev–Trinajstić information content (AvgIpc) is 3.32. The van der Waals surface area contributed by atoms with E-state index >= 15 is 0 Å². The van der Waals surface area contributed by atoms with Crippen LogP contribution in [0.15, 0.2) is 36.9 Å². The highest BCUT2D eigenvalue weighted by Crippen LogP contribution is 2.57. The van der Waals surface area contributed by atoms with E-state index in [0.717, 1.165) is 5.56 Å². The van der Waals surface area contributed by atoms with E-state index in [1.54, 1.807) is 18.2 Å². The number of nitrogens with zero attached hydrogens (tertiary/aromatic N) is 3. The highest BCUT2D eigenvalue weighted by Gasteiger charge is 2.56. The van der Waals surface area contributed by atoms with Gasteiger partial charge in [0.25, 0.3) is 0 Å². The maximum absolute atomic E-state index is 13.1. The maximum Gasteiger partial charge on any atom is 0.475 e. The minimum Gasteiger partial charge on any atom is -0.387 e. The summed E-state index contributed by atoms with van der Waals surface area (Å²) in [6, 6.07) is 7.04. The van der Waals surface area contributed by atoms with E-state index in [1.165, 1.54) is 24.1 Å². The lowest BCUT2D eigenvalue weighted by molar-refractivity contribution is -0.752. The largest absolute Gasteiger partial charge is 0.475 e. The van der Waals surface area contributed by atoms with Gasteiger partial charge in [-0.1, -0.05) is 28.7 Å². The molecule has 14 heteroatoms. The van der Waals surface area contributed by atoms with Gasteiger partial charge in [0.05, 0.1) is 19.3 Å². The minimum atomic E-state index is -3.96. The summed E-state index contributed by atoms with van der Waals surface area (Å²) in [5, 5.41) is 22.3. The molecule has 2 aliphatic rings. The third-order valence-electron chi connectivity index (χ3n) is 5.96. The van der Waals surface area contributed by atoms with Crippen LogP contribution in [0.1, 0.15) is 31.2 Å². The Kier molecular flexibility index (Phi) is 6.11. The quantitative estimate of drug-likeness (QED) is 0.292. The number of nitrogens with two attached hydrogens (primary N) is 1. The van der Waals surface area contributed by atoms with Crippen molar-refractivity contribution in [3.63, 3.8) is 0 Å². The first-order chi connectivity index (χ1) is 16.2. The zero-order valence-electron chi connectivity index (χ0n) is 18.1. The second kappa shape index (κ2) is 8.81. The highest BCUT2D eigenvalue weighted by atomic mass is 35.5. The molecule has 2 saturated heterocycles. The first-order valence-electron chi connectivity index (χ1n) is 10.6. The fourth-order valence-corrected chi connectivity index (χ4v) is 5.75. The van der Waals surface area contributed by atoms with Crippen LogP contribution in [0.3, 0.4) is 0 Å². The van der Waals surface area contributed by atoms with E-state index in [-0.39, 0.29) is 19.0 Å². The third-order valence-corrected chi connectivity index (χ3v) is 7.67. The van der Waals surface area contributed by atoms with E-state index in [0.29, 0.717) is 22.6 Å². The van der Waals surface area contributed by atoms with Crippen molar-refractivity contribution < 1.29 is 37.7 Å². The molecule has 0 saturated carbocycles. The number of aliphatic hydroxyl groups is 2. The van der Waals surface area contributed by atoms with Crippen molar-refractivity contribution >= 4 is 36.4 Å². The van der Waals surface area contributed by atoms with E-state index in [9.17, 15) is 14.8 Å². The van der Waals surface area contributed by atoms with E-state index in [1.807, 2.05) is 6.07 Å². The fourth-order valence-electron chi connectivity index (χ4n) is 4.15. The predicted molar refractivity (Wildman–Crippen MR) is 118 cm³/mol. The molecule has 0 aliphatic carbocycles. The van der Waals surface area contributed by atoms with Crippen molar-refractivity contribution in [2.24, 2.45) is 0 Å². The van der Waals surface area contributed by atoms with Gasteiger partial charge in [-0.3, -0.25) is 18.6 Å². The summed E-state index contributed by atoms with van der Waals surface area (Å²) in [6.45, 7) is 1.21. The van der Waals surface area contributed by atoms with Crippen LogP contribution in [0.5, 0.6) is 0 Å². The number of hydrogen-bond donors (Lipinski definition) is 4. The Morgan fingerprint density at radius 3 is 3.06 bits per heavy atom. The minimum absolute atomic E-state index is 0.148. The van der Waals surface area contributed by atoms with Gasteiger partial charge < -0.3 is 20.7 Å². The number of benzene rings is 1. The molecular formula is C20H24ClN5O7P+. The molecule has 0 amide bonds. The number of rotatable bonds is 5. The molecule has 6 atom stereocenters. The molecule has 0 bridgehead atoms.